The molecule has 1 amide bonds. The van der Waals surface area contributed by atoms with E-state index < -0.39 is 0 Å². The first kappa shape index (κ1) is 22.9. The Morgan fingerprint density at radius 3 is 2.37 bits per heavy atom. The van der Waals surface area contributed by atoms with Crippen molar-refractivity contribution in [2.45, 2.75) is 38.6 Å². The third-order valence-corrected chi connectivity index (χ3v) is 6.80. The summed E-state index contributed by atoms with van der Waals surface area (Å²) in [5.74, 6) is 0.437. The van der Waals surface area contributed by atoms with Crippen LogP contribution in [0, 0.1) is 0 Å². The number of benzene rings is 3. The Labute approximate surface area is 207 Å². The second-order valence-corrected chi connectivity index (χ2v) is 8.95. The first-order chi connectivity index (χ1) is 17.2. The summed E-state index contributed by atoms with van der Waals surface area (Å²) in [6.45, 7) is 2.87. The highest BCUT2D eigenvalue weighted by Gasteiger charge is 2.36. The second-order valence-electron chi connectivity index (χ2n) is 8.95. The fourth-order valence-electron chi connectivity index (χ4n) is 5.07. The Balaban J connectivity index is 1.65. The number of nitrogens with zero attached hydrogens (tertiary/aromatic N) is 3. The second kappa shape index (κ2) is 10.2. The van der Waals surface area contributed by atoms with E-state index in [0.717, 1.165) is 36.9 Å². The van der Waals surface area contributed by atoms with E-state index in [4.69, 9.17) is 9.84 Å². The predicted octanol–water partition coefficient (Wildman–Crippen LogP) is 6.48. The molecule has 5 heteroatoms. The maximum absolute atomic E-state index is 14.4. The molecule has 0 bridgehead atoms. The Kier molecular flexibility index (Phi) is 6.66. The topological polar surface area (TPSA) is 47.4 Å². The molecule has 0 spiro atoms. The number of amides is 1. The number of fused-ring (bicyclic) bond motifs is 1. The van der Waals surface area contributed by atoms with Crippen LogP contribution >= 0.6 is 0 Å². The summed E-state index contributed by atoms with van der Waals surface area (Å²) in [5.41, 5.74) is 5.51. The quantitative estimate of drug-likeness (QED) is 0.314. The molecular formula is C30H31N3O2. The van der Waals surface area contributed by atoms with Crippen LogP contribution in [0.3, 0.4) is 0 Å². The summed E-state index contributed by atoms with van der Waals surface area (Å²) in [4.78, 5) is 16.4. The molecule has 5 rings (SSSR count). The number of hydrogen-bond acceptors (Lipinski definition) is 3. The Morgan fingerprint density at radius 1 is 0.971 bits per heavy atom. The number of unbranched alkanes of at least 4 members (excludes halogenated alkanes) is 1. The standard InChI is InChI=1S/C30H31N3O2/c1-3-4-19-26-25-18-12-11-13-22(25)20-21-32(26)29(34)27-28(23-14-7-5-8-15-23)31-33(30(27)35-2)24-16-9-6-10-17-24/h5-18,26H,3-4,19-21H2,1-2H3. The van der Waals surface area contributed by atoms with Gasteiger partial charge in [-0.05, 0) is 36.1 Å². The van der Waals surface area contributed by atoms with Crippen molar-refractivity contribution in [1.29, 1.82) is 0 Å². The smallest absolute Gasteiger partial charge is 0.262 e. The van der Waals surface area contributed by atoms with Crippen molar-refractivity contribution in [3.8, 4) is 22.8 Å². The summed E-state index contributed by atoms with van der Waals surface area (Å²) in [7, 11) is 1.61. The minimum absolute atomic E-state index is 0.0292. The van der Waals surface area contributed by atoms with Crippen molar-refractivity contribution in [2.24, 2.45) is 0 Å². The number of para-hydroxylation sites is 1. The highest BCUT2D eigenvalue weighted by Crippen LogP contribution is 2.39. The molecule has 0 saturated heterocycles. The van der Waals surface area contributed by atoms with Gasteiger partial charge in [-0.2, -0.15) is 9.78 Å². The molecular weight excluding hydrogens is 434 g/mol. The molecule has 1 aliphatic rings. The zero-order valence-corrected chi connectivity index (χ0v) is 20.4. The number of carbonyl (C=O) groups is 1. The number of aromatic nitrogens is 2. The normalized spacial score (nSPS) is 15.0. The van der Waals surface area contributed by atoms with Gasteiger partial charge in [0.25, 0.3) is 5.91 Å². The summed E-state index contributed by atoms with van der Waals surface area (Å²) in [6.07, 6.45) is 3.94. The van der Waals surface area contributed by atoms with Crippen LogP contribution < -0.4 is 4.74 Å². The van der Waals surface area contributed by atoms with Gasteiger partial charge in [-0.15, -0.1) is 0 Å². The number of ether oxygens (including phenoxy) is 1. The molecule has 0 fully saturated rings. The van der Waals surface area contributed by atoms with Gasteiger partial charge in [-0.25, -0.2) is 0 Å². The van der Waals surface area contributed by atoms with Gasteiger partial charge in [0.05, 0.1) is 18.8 Å². The molecule has 4 aromatic rings. The van der Waals surface area contributed by atoms with Gasteiger partial charge in [0.15, 0.2) is 0 Å². The third kappa shape index (κ3) is 4.34. The highest BCUT2D eigenvalue weighted by molar-refractivity contribution is 6.03. The van der Waals surface area contributed by atoms with Gasteiger partial charge in [-0.3, -0.25) is 4.79 Å². The van der Waals surface area contributed by atoms with Crippen LogP contribution in [-0.2, 0) is 6.42 Å². The van der Waals surface area contributed by atoms with Crippen LogP contribution in [0.4, 0.5) is 0 Å². The van der Waals surface area contributed by atoms with Gasteiger partial charge in [0, 0.05) is 12.1 Å². The minimum atomic E-state index is -0.0292. The van der Waals surface area contributed by atoms with E-state index in [1.807, 2.05) is 65.6 Å². The molecule has 1 aliphatic heterocycles. The van der Waals surface area contributed by atoms with E-state index in [1.54, 1.807) is 11.8 Å². The number of methoxy groups -OCH3 is 1. The molecule has 1 atom stereocenters. The van der Waals surface area contributed by atoms with Crippen molar-refractivity contribution in [1.82, 2.24) is 14.7 Å². The van der Waals surface area contributed by atoms with E-state index in [-0.39, 0.29) is 11.9 Å². The molecule has 2 heterocycles. The summed E-state index contributed by atoms with van der Waals surface area (Å²) >= 11 is 0. The van der Waals surface area contributed by atoms with Crippen LogP contribution in [0.5, 0.6) is 5.88 Å². The molecule has 1 unspecified atom stereocenters. The van der Waals surface area contributed by atoms with Gasteiger partial charge < -0.3 is 9.64 Å². The van der Waals surface area contributed by atoms with Crippen LogP contribution in [0.2, 0.25) is 0 Å². The largest absolute Gasteiger partial charge is 0.480 e. The average Bonchev–Trinajstić information content (AvgIpc) is 3.32. The number of hydrogen-bond donors (Lipinski definition) is 0. The van der Waals surface area contributed by atoms with Gasteiger partial charge in [0.1, 0.15) is 11.3 Å². The zero-order chi connectivity index (χ0) is 24.2. The van der Waals surface area contributed by atoms with Crippen molar-refractivity contribution in [2.75, 3.05) is 13.7 Å². The molecule has 0 aliphatic carbocycles. The SMILES string of the molecule is CCCCC1c2ccccc2CCN1C(=O)c1c(-c2ccccc2)nn(-c2ccccc2)c1OC. The van der Waals surface area contributed by atoms with Gasteiger partial charge >= 0.3 is 0 Å². The van der Waals surface area contributed by atoms with E-state index >= 15 is 0 Å². The van der Waals surface area contributed by atoms with Crippen LogP contribution in [0.1, 0.15) is 53.7 Å². The fourth-order valence-corrected chi connectivity index (χ4v) is 5.07. The maximum Gasteiger partial charge on any atom is 0.262 e. The monoisotopic (exact) mass is 465 g/mol. The summed E-state index contributed by atoms with van der Waals surface area (Å²) < 4.78 is 7.63. The third-order valence-electron chi connectivity index (χ3n) is 6.80. The Hall–Kier alpha value is -3.86. The van der Waals surface area contributed by atoms with Crippen molar-refractivity contribution in [3.05, 3.63) is 102 Å². The van der Waals surface area contributed by atoms with Crippen molar-refractivity contribution >= 4 is 5.91 Å². The minimum Gasteiger partial charge on any atom is -0.480 e. The molecule has 0 radical (unpaired) electrons. The van der Waals surface area contributed by atoms with Crippen LogP contribution in [-0.4, -0.2) is 34.2 Å². The predicted molar refractivity (Wildman–Crippen MR) is 139 cm³/mol. The zero-order valence-electron chi connectivity index (χ0n) is 20.4. The molecule has 1 aromatic heterocycles. The molecule has 0 N–H and O–H groups in total. The summed E-state index contributed by atoms with van der Waals surface area (Å²) in [6, 6.07) is 28.3. The van der Waals surface area contributed by atoms with Crippen molar-refractivity contribution in [3.63, 3.8) is 0 Å². The fraction of sp³-hybridized carbons (Fsp3) is 0.267. The lowest BCUT2D eigenvalue weighted by atomic mass is 9.89. The first-order valence-electron chi connectivity index (χ1n) is 12.4. The van der Waals surface area contributed by atoms with Crippen molar-refractivity contribution < 1.29 is 9.53 Å². The number of rotatable bonds is 7. The average molecular weight is 466 g/mol. The van der Waals surface area contributed by atoms with E-state index in [9.17, 15) is 4.79 Å². The van der Waals surface area contributed by atoms with Crippen LogP contribution in [0.25, 0.3) is 16.9 Å². The van der Waals surface area contributed by atoms with E-state index in [2.05, 4.69) is 31.2 Å². The highest BCUT2D eigenvalue weighted by atomic mass is 16.5. The molecule has 35 heavy (non-hydrogen) atoms. The lowest BCUT2D eigenvalue weighted by molar-refractivity contribution is 0.0645. The molecule has 5 nitrogen and oxygen atoms in total. The maximum atomic E-state index is 14.4. The van der Waals surface area contributed by atoms with Gasteiger partial charge in [-0.1, -0.05) is 92.6 Å². The lowest BCUT2D eigenvalue weighted by Gasteiger charge is -2.37. The Morgan fingerprint density at radius 2 is 1.66 bits per heavy atom. The lowest BCUT2D eigenvalue weighted by Crippen LogP contribution is -2.40. The molecule has 0 saturated carbocycles. The van der Waals surface area contributed by atoms with E-state index in [0.29, 0.717) is 23.7 Å². The Bertz CT molecular complexity index is 1300. The summed E-state index contributed by atoms with van der Waals surface area (Å²) in [5, 5.41) is 4.91. The molecule has 3 aromatic carbocycles. The van der Waals surface area contributed by atoms with Gasteiger partial charge in [0.2, 0.25) is 5.88 Å². The number of carbonyl (C=O) groups excluding carboxylic acids is 1. The first-order valence-corrected chi connectivity index (χ1v) is 12.4. The van der Waals surface area contributed by atoms with Crippen LogP contribution in [0.15, 0.2) is 84.9 Å². The van der Waals surface area contributed by atoms with E-state index in [1.165, 1.54) is 11.1 Å². The molecule has 178 valence electrons.